The van der Waals surface area contributed by atoms with Crippen molar-refractivity contribution in [2.45, 2.75) is 50.3 Å². The van der Waals surface area contributed by atoms with Gasteiger partial charge in [-0.15, -0.1) is 11.3 Å². The Balaban J connectivity index is 1.94. The highest BCUT2D eigenvalue weighted by atomic mass is 32.2. The van der Waals surface area contributed by atoms with Gasteiger partial charge in [-0.05, 0) is 43.4 Å². The molecule has 114 valence electrons. The van der Waals surface area contributed by atoms with Crippen LogP contribution in [0, 0.1) is 5.41 Å². The molecule has 0 unspecified atom stereocenters. The average molecular weight is 316 g/mol. The summed E-state index contributed by atoms with van der Waals surface area (Å²) in [6.07, 6.45) is 4.54. The minimum Gasteiger partial charge on any atom is -0.312 e. The van der Waals surface area contributed by atoms with Gasteiger partial charge in [-0.1, -0.05) is 20.3 Å². The highest BCUT2D eigenvalue weighted by Crippen LogP contribution is 2.49. The first kappa shape index (κ1) is 15.9. The van der Waals surface area contributed by atoms with Gasteiger partial charge in [0.1, 0.15) is 4.21 Å². The maximum absolute atomic E-state index is 12.3. The first-order valence-corrected chi connectivity index (χ1v) is 9.60. The van der Waals surface area contributed by atoms with Gasteiger partial charge in [0, 0.05) is 18.0 Å². The predicted molar refractivity (Wildman–Crippen MR) is 83.5 cm³/mol. The van der Waals surface area contributed by atoms with Crippen molar-refractivity contribution in [3.63, 3.8) is 0 Å². The van der Waals surface area contributed by atoms with Gasteiger partial charge >= 0.3 is 0 Å². The van der Waals surface area contributed by atoms with Gasteiger partial charge in [0.15, 0.2) is 0 Å². The molecule has 1 aliphatic carbocycles. The van der Waals surface area contributed by atoms with E-state index < -0.39 is 10.0 Å². The molecule has 1 heterocycles. The van der Waals surface area contributed by atoms with E-state index in [1.165, 1.54) is 11.3 Å². The monoisotopic (exact) mass is 316 g/mol. The summed E-state index contributed by atoms with van der Waals surface area (Å²) in [5.41, 5.74) is 0.242. The number of rotatable bonds is 9. The van der Waals surface area contributed by atoms with Crippen molar-refractivity contribution in [3.05, 3.63) is 17.0 Å². The quantitative estimate of drug-likeness (QED) is 0.736. The summed E-state index contributed by atoms with van der Waals surface area (Å²) < 4.78 is 27.8. The van der Waals surface area contributed by atoms with Crippen molar-refractivity contribution in [1.82, 2.24) is 10.0 Å². The van der Waals surface area contributed by atoms with E-state index in [1.807, 2.05) is 13.0 Å². The second-order valence-electron chi connectivity index (χ2n) is 5.58. The molecule has 0 atom stereocenters. The third kappa shape index (κ3) is 4.04. The maximum Gasteiger partial charge on any atom is 0.250 e. The van der Waals surface area contributed by atoms with Crippen molar-refractivity contribution in [2.24, 2.45) is 5.41 Å². The van der Waals surface area contributed by atoms with Gasteiger partial charge in [0.25, 0.3) is 0 Å². The summed E-state index contributed by atoms with van der Waals surface area (Å²) in [4.78, 5) is 1.06. The molecule has 0 aliphatic heterocycles. The first-order chi connectivity index (χ1) is 9.51. The second kappa shape index (κ2) is 6.56. The van der Waals surface area contributed by atoms with Gasteiger partial charge in [0.05, 0.1) is 0 Å². The molecule has 0 bridgehead atoms. The molecule has 1 saturated carbocycles. The highest BCUT2D eigenvalue weighted by molar-refractivity contribution is 7.91. The van der Waals surface area contributed by atoms with E-state index in [-0.39, 0.29) is 5.41 Å². The lowest BCUT2D eigenvalue weighted by Gasteiger charge is -2.14. The number of nitrogens with one attached hydrogen (secondary N) is 2. The Labute approximate surface area is 126 Å². The lowest BCUT2D eigenvalue weighted by atomic mass is 10.0. The summed E-state index contributed by atoms with van der Waals surface area (Å²) in [6.45, 7) is 6.40. The molecular weight excluding hydrogens is 292 g/mol. The van der Waals surface area contributed by atoms with Crippen molar-refractivity contribution >= 4 is 21.4 Å². The van der Waals surface area contributed by atoms with Crippen LogP contribution in [0.4, 0.5) is 0 Å². The van der Waals surface area contributed by atoms with E-state index >= 15 is 0 Å². The van der Waals surface area contributed by atoms with Gasteiger partial charge in [-0.25, -0.2) is 13.1 Å². The van der Waals surface area contributed by atoms with Crippen LogP contribution in [0.25, 0.3) is 0 Å². The largest absolute Gasteiger partial charge is 0.312 e. The zero-order valence-corrected chi connectivity index (χ0v) is 13.9. The number of hydrogen-bond acceptors (Lipinski definition) is 4. The Morgan fingerprint density at radius 3 is 2.65 bits per heavy atom. The van der Waals surface area contributed by atoms with Crippen molar-refractivity contribution in [1.29, 1.82) is 0 Å². The second-order valence-corrected chi connectivity index (χ2v) is 8.74. The topological polar surface area (TPSA) is 58.2 Å². The Morgan fingerprint density at radius 2 is 2.05 bits per heavy atom. The third-order valence-electron chi connectivity index (χ3n) is 3.83. The summed E-state index contributed by atoms with van der Waals surface area (Å²) in [5.74, 6) is 0. The van der Waals surface area contributed by atoms with E-state index in [0.29, 0.717) is 10.8 Å². The Morgan fingerprint density at radius 1 is 1.30 bits per heavy atom. The van der Waals surface area contributed by atoms with Crippen LogP contribution in [0.3, 0.4) is 0 Å². The molecule has 1 aliphatic rings. The van der Waals surface area contributed by atoms with E-state index in [0.717, 1.165) is 43.6 Å². The standard InChI is InChI=1S/C14H24N2O2S2/c1-3-7-14(8-9-14)11-16-20(17,18)13-6-5-12(19-13)10-15-4-2/h5-6,15-16H,3-4,7-11H2,1-2H3. The number of thiophene rings is 1. The van der Waals surface area contributed by atoms with Crippen LogP contribution < -0.4 is 10.0 Å². The molecule has 0 aromatic carbocycles. The van der Waals surface area contributed by atoms with E-state index in [9.17, 15) is 8.42 Å². The van der Waals surface area contributed by atoms with Gasteiger partial charge in [-0.3, -0.25) is 0 Å². The Kier molecular flexibility index (Phi) is 5.23. The molecule has 20 heavy (non-hydrogen) atoms. The summed E-state index contributed by atoms with van der Waals surface area (Å²) in [7, 11) is -3.34. The van der Waals surface area contributed by atoms with Crippen LogP contribution in [0.15, 0.2) is 16.3 Å². The molecule has 0 amide bonds. The van der Waals surface area contributed by atoms with Gasteiger partial charge in [-0.2, -0.15) is 0 Å². The molecular formula is C14H24N2O2S2. The number of hydrogen-bond donors (Lipinski definition) is 2. The highest BCUT2D eigenvalue weighted by Gasteiger charge is 2.42. The van der Waals surface area contributed by atoms with Crippen molar-refractivity contribution in [2.75, 3.05) is 13.1 Å². The SMILES string of the molecule is CCCC1(CNS(=O)(=O)c2ccc(CNCC)s2)CC1. The van der Waals surface area contributed by atoms with Crippen LogP contribution >= 0.6 is 11.3 Å². The molecule has 1 aromatic heterocycles. The Hall–Kier alpha value is -0.430. The lowest BCUT2D eigenvalue weighted by Crippen LogP contribution is -2.29. The van der Waals surface area contributed by atoms with Crippen LogP contribution in [0.5, 0.6) is 0 Å². The van der Waals surface area contributed by atoms with E-state index in [2.05, 4.69) is 17.0 Å². The molecule has 2 N–H and O–H groups in total. The van der Waals surface area contributed by atoms with Crippen LogP contribution in [-0.2, 0) is 16.6 Å². The minimum absolute atomic E-state index is 0.242. The van der Waals surface area contributed by atoms with Gasteiger partial charge in [0.2, 0.25) is 10.0 Å². The first-order valence-electron chi connectivity index (χ1n) is 7.30. The zero-order chi connectivity index (χ0) is 14.6. The number of sulfonamides is 1. The van der Waals surface area contributed by atoms with Crippen LogP contribution in [0.2, 0.25) is 0 Å². The molecule has 1 aromatic rings. The maximum atomic E-state index is 12.3. The zero-order valence-electron chi connectivity index (χ0n) is 12.2. The molecule has 4 nitrogen and oxygen atoms in total. The predicted octanol–water partition coefficient (Wildman–Crippen LogP) is 2.72. The van der Waals surface area contributed by atoms with Gasteiger partial charge < -0.3 is 5.32 Å². The average Bonchev–Trinajstić information content (AvgIpc) is 3.01. The Bertz CT molecular complexity index is 533. The van der Waals surface area contributed by atoms with Crippen molar-refractivity contribution in [3.8, 4) is 0 Å². The summed E-state index contributed by atoms with van der Waals surface area (Å²) >= 11 is 1.35. The van der Waals surface area contributed by atoms with Crippen LogP contribution in [-0.4, -0.2) is 21.5 Å². The smallest absolute Gasteiger partial charge is 0.250 e. The fourth-order valence-corrected chi connectivity index (χ4v) is 4.91. The van der Waals surface area contributed by atoms with E-state index in [4.69, 9.17) is 0 Å². The summed E-state index contributed by atoms with van der Waals surface area (Å²) in [5, 5.41) is 3.21. The molecule has 1 fully saturated rings. The van der Waals surface area contributed by atoms with Crippen LogP contribution in [0.1, 0.15) is 44.4 Å². The third-order valence-corrected chi connectivity index (χ3v) is 6.80. The molecule has 0 radical (unpaired) electrons. The van der Waals surface area contributed by atoms with Crippen molar-refractivity contribution < 1.29 is 8.42 Å². The lowest BCUT2D eigenvalue weighted by molar-refractivity contribution is 0.449. The summed E-state index contributed by atoms with van der Waals surface area (Å²) in [6, 6.07) is 3.60. The molecule has 0 spiro atoms. The normalized spacial score (nSPS) is 17.3. The molecule has 2 rings (SSSR count). The minimum atomic E-state index is -3.34. The molecule has 0 saturated heterocycles. The molecule has 6 heteroatoms. The fraction of sp³-hybridized carbons (Fsp3) is 0.714. The fourth-order valence-electron chi connectivity index (χ4n) is 2.39. The van der Waals surface area contributed by atoms with E-state index in [1.54, 1.807) is 6.07 Å².